The Hall–Kier alpha value is -3.21. The molecule has 0 unspecified atom stereocenters. The first kappa shape index (κ1) is 18.6. The summed E-state index contributed by atoms with van der Waals surface area (Å²) in [5, 5.41) is 9.16. The first-order chi connectivity index (χ1) is 12.8. The lowest BCUT2D eigenvalue weighted by Crippen LogP contribution is -2.40. The van der Waals surface area contributed by atoms with Gasteiger partial charge in [0.25, 0.3) is 0 Å². The number of benzene rings is 1. The number of ether oxygens (including phenoxy) is 2. The fourth-order valence-electron chi connectivity index (χ4n) is 2.68. The van der Waals surface area contributed by atoms with E-state index in [4.69, 9.17) is 14.7 Å². The van der Waals surface area contributed by atoms with E-state index in [9.17, 15) is 9.18 Å². The van der Waals surface area contributed by atoms with Crippen LogP contribution in [-0.4, -0.2) is 33.1 Å². The fourth-order valence-corrected chi connectivity index (χ4v) is 2.68. The van der Waals surface area contributed by atoms with Crippen molar-refractivity contribution in [1.82, 2.24) is 14.9 Å². The Bertz CT molecular complexity index is 918. The average Bonchev–Trinajstić information content (AvgIpc) is 2.61. The lowest BCUT2D eigenvalue weighted by Gasteiger charge is -2.30. The molecular formula is C19H19FN4O3. The minimum Gasteiger partial charge on any atom is -0.444 e. The third-order valence-corrected chi connectivity index (χ3v) is 3.89. The highest BCUT2D eigenvalue weighted by Gasteiger charge is 2.28. The van der Waals surface area contributed by atoms with Crippen LogP contribution in [0, 0.1) is 17.1 Å². The van der Waals surface area contributed by atoms with E-state index in [-0.39, 0.29) is 17.9 Å². The van der Waals surface area contributed by atoms with Gasteiger partial charge in [-0.2, -0.15) is 5.26 Å². The molecule has 27 heavy (non-hydrogen) atoms. The molecule has 1 amide bonds. The van der Waals surface area contributed by atoms with Crippen molar-refractivity contribution in [3.63, 3.8) is 0 Å². The molecule has 1 aliphatic rings. The Morgan fingerprint density at radius 3 is 2.81 bits per heavy atom. The molecule has 8 heteroatoms. The number of carbonyl (C=O) groups excluding carboxylic acids is 1. The minimum absolute atomic E-state index is 0.0774. The molecule has 1 aromatic heterocycles. The van der Waals surface area contributed by atoms with Crippen molar-refractivity contribution < 1.29 is 18.7 Å². The number of nitriles is 1. The van der Waals surface area contributed by atoms with E-state index < -0.39 is 17.5 Å². The van der Waals surface area contributed by atoms with Crippen LogP contribution in [0.1, 0.15) is 37.6 Å². The summed E-state index contributed by atoms with van der Waals surface area (Å²) in [6.45, 7) is 6.14. The summed E-state index contributed by atoms with van der Waals surface area (Å²) < 4.78 is 24.5. The van der Waals surface area contributed by atoms with Gasteiger partial charge in [-0.25, -0.2) is 19.2 Å². The van der Waals surface area contributed by atoms with Crippen LogP contribution in [0.5, 0.6) is 11.6 Å². The van der Waals surface area contributed by atoms with Gasteiger partial charge in [0.2, 0.25) is 5.88 Å². The first-order valence-electron chi connectivity index (χ1n) is 8.45. The van der Waals surface area contributed by atoms with Crippen LogP contribution in [0.3, 0.4) is 0 Å². The van der Waals surface area contributed by atoms with Crippen LogP contribution >= 0.6 is 0 Å². The Labute approximate surface area is 156 Å². The molecule has 0 saturated heterocycles. The summed E-state index contributed by atoms with van der Waals surface area (Å²) in [5.41, 5.74) is 0.907. The van der Waals surface area contributed by atoms with Crippen molar-refractivity contribution in [2.75, 3.05) is 6.54 Å². The molecule has 0 atom stereocenters. The van der Waals surface area contributed by atoms with E-state index in [1.165, 1.54) is 18.5 Å². The zero-order valence-electron chi connectivity index (χ0n) is 15.3. The van der Waals surface area contributed by atoms with Gasteiger partial charge in [-0.1, -0.05) is 0 Å². The standard InChI is InChI=1S/C19H19FN4O3/c1-19(2,3)27-18(25)24-7-6-14-15(10-24)22-11-23-17(14)26-16-5-4-13(20)8-12(16)9-21/h4-5,8,11H,6-7,10H2,1-3H3. The normalized spacial score (nSPS) is 13.5. The number of aromatic nitrogens is 2. The van der Waals surface area contributed by atoms with Crippen molar-refractivity contribution in [3.05, 3.63) is 47.2 Å². The SMILES string of the molecule is CC(C)(C)OC(=O)N1CCc2c(ncnc2Oc2ccc(F)cc2C#N)C1. The molecule has 3 rings (SSSR count). The monoisotopic (exact) mass is 370 g/mol. The summed E-state index contributed by atoms with van der Waals surface area (Å²) in [6, 6.07) is 5.61. The number of carbonyl (C=O) groups is 1. The van der Waals surface area contributed by atoms with Gasteiger partial charge in [-0.3, -0.25) is 0 Å². The second-order valence-electron chi connectivity index (χ2n) is 7.11. The first-order valence-corrected chi connectivity index (χ1v) is 8.45. The van der Waals surface area contributed by atoms with Crippen molar-refractivity contribution in [2.45, 2.75) is 39.3 Å². The van der Waals surface area contributed by atoms with E-state index in [0.29, 0.717) is 24.5 Å². The molecule has 0 bridgehead atoms. The van der Waals surface area contributed by atoms with Gasteiger partial charge in [0.05, 0.1) is 17.8 Å². The van der Waals surface area contributed by atoms with Gasteiger partial charge in [0.15, 0.2) is 0 Å². The van der Waals surface area contributed by atoms with Crippen LogP contribution in [0.15, 0.2) is 24.5 Å². The Kier molecular flexibility index (Phi) is 4.95. The van der Waals surface area contributed by atoms with Crippen molar-refractivity contribution in [2.24, 2.45) is 0 Å². The van der Waals surface area contributed by atoms with Crippen LogP contribution in [0.2, 0.25) is 0 Å². The third kappa shape index (κ3) is 4.31. The summed E-state index contributed by atoms with van der Waals surface area (Å²) in [5.74, 6) is -0.00191. The molecule has 1 aromatic carbocycles. The summed E-state index contributed by atoms with van der Waals surface area (Å²) in [4.78, 5) is 22.2. The smallest absolute Gasteiger partial charge is 0.410 e. The largest absolute Gasteiger partial charge is 0.444 e. The number of rotatable bonds is 2. The molecule has 7 nitrogen and oxygen atoms in total. The number of nitrogens with zero attached hydrogens (tertiary/aromatic N) is 4. The third-order valence-electron chi connectivity index (χ3n) is 3.89. The van der Waals surface area contributed by atoms with Gasteiger partial charge in [-0.05, 0) is 45.4 Å². The topological polar surface area (TPSA) is 88.3 Å². The minimum atomic E-state index is -0.576. The number of hydrogen-bond donors (Lipinski definition) is 0. The quantitative estimate of drug-likeness (QED) is 0.803. The zero-order valence-corrected chi connectivity index (χ0v) is 15.3. The molecule has 0 N–H and O–H groups in total. The van der Waals surface area contributed by atoms with E-state index in [1.54, 1.807) is 4.90 Å². The highest BCUT2D eigenvalue weighted by molar-refractivity contribution is 5.68. The molecule has 0 saturated carbocycles. The molecule has 1 aliphatic heterocycles. The highest BCUT2D eigenvalue weighted by atomic mass is 19.1. The van der Waals surface area contributed by atoms with E-state index >= 15 is 0 Å². The second-order valence-corrected chi connectivity index (χ2v) is 7.11. The maximum Gasteiger partial charge on any atom is 0.410 e. The highest BCUT2D eigenvalue weighted by Crippen LogP contribution is 2.30. The lowest BCUT2D eigenvalue weighted by atomic mass is 10.1. The molecule has 140 valence electrons. The van der Waals surface area contributed by atoms with Crippen LogP contribution in [-0.2, 0) is 17.7 Å². The zero-order chi connectivity index (χ0) is 19.6. The van der Waals surface area contributed by atoms with Crippen molar-refractivity contribution >= 4 is 6.09 Å². The number of halogens is 1. The predicted molar refractivity (Wildman–Crippen MR) is 93.6 cm³/mol. The maximum atomic E-state index is 13.3. The van der Waals surface area contributed by atoms with Crippen LogP contribution < -0.4 is 4.74 Å². The van der Waals surface area contributed by atoms with Gasteiger partial charge in [0.1, 0.15) is 29.6 Å². The van der Waals surface area contributed by atoms with Crippen LogP contribution in [0.25, 0.3) is 0 Å². The second kappa shape index (κ2) is 7.19. The molecule has 0 spiro atoms. The molecule has 0 aliphatic carbocycles. The van der Waals surface area contributed by atoms with Gasteiger partial charge < -0.3 is 14.4 Å². The van der Waals surface area contributed by atoms with Crippen LogP contribution in [0.4, 0.5) is 9.18 Å². The van der Waals surface area contributed by atoms with E-state index in [1.807, 2.05) is 26.8 Å². The lowest BCUT2D eigenvalue weighted by molar-refractivity contribution is 0.0219. The number of hydrogen-bond acceptors (Lipinski definition) is 6. The maximum absolute atomic E-state index is 13.3. The molecule has 2 heterocycles. The summed E-state index contributed by atoms with van der Waals surface area (Å²) in [7, 11) is 0. The number of amides is 1. The van der Waals surface area contributed by atoms with Gasteiger partial charge >= 0.3 is 6.09 Å². The van der Waals surface area contributed by atoms with Gasteiger partial charge in [0, 0.05) is 12.1 Å². The Morgan fingerprint density at radius 1 is 1.33 bits per heavy atom. The van der Waals surface area contributed by atoms with Gasteiger partial charge in [-0.15, -0.1) is 0 Å². The molecular weight excluding hydrogens is 351 g/mol. The van der Waals surface area contributed by atoms with E-state index in [2.05, 4.69) is 9.97 Å². The molecule has 0 radical (unpaired) electrons. The van der Waals surface area contributed by atoms with Crippen molar-refractivity contribution in [3.8, 4) is 17.7 Å². The Balaban J connectivity index is 1.82. The average molecular weight is 370 g/mol. The fraction of sp³-hybridized carbons (Fsp3) is 0.368. The summed E-state index contributed by atoms with van der Waals surface area (Å²) >= 11 is 0. The predicted octanol–water partition coefficient (Wildman–Crippen LogP) is 3.57. The van der Waals surface area contributed by atoms with E-state index in [0.717, 1.165) is 11.6 Å². The molecule has 2 aromatic rings. The molecule has 0 fully saturated rings. The number of fused-ring (bicyclic) bond motifs is 1. The Morgan fingerprint density at radius 2 is 2.11 bits per heavy atom. The summed E-state index contributed by atoms with van der Waals surface area (Å²) in [6.07, 6.45) is 1.41. The van der Waals surface area contributed by atoms with Crippen molar-refractivity contribution in [1.29, 1.82) is 5.26 Å².